The van der Waals surface area contributed by atoms with Crippen molar-refractivity contribution < 1.29 is 4.73 Å². The summed E-state index contributed by atoms with van der Waals surface area (Å²) in [5.41, 5.74) is 1.35. The SMILES string of the molecule is CCC(C)c1cnc(CC(C)C)c(Cl)[n+]1[O-]. The first kappa shape index (κ1) is 13.2. The van der Waals surface area contributed by atoms with E-state index in [2.05, 4.69) is 18.8 Å². The number of halogens is 1. The van der Waals surface area contributed by atoms with E-state index in [0.717, 1.165) is 17.6 Å². The molecule has 0 aliphatic carbocycles. The minimum absolute atomic E-state index is 0.190. The molecule has 0 N–H and O–H groups in total. The van der Waals surface area contributed by atoms with E-state index in [1.807, 2.05) is 13.8 Å². The molecule has 1 atom stereocenters. The third-order valence-corrected chi connectivity index (χ3v) is 3.09. The highest BCUT2D eigenvalue weighted by molar-refractivity contribution is 6.29. The van der Waals surface area contributed by atoms with Crippen molar-refractivity contribution in [3.8, 4) is 0 Å². The summed E-state index contributed by atoms with van der Waals surface area (Å²) in [5, 5.41) is 12.1. The molecule has 0 spiro atoms. The average molecular weight is 243 g/mol. The van der Waals surface area contributed by atoms with E-state index in [1.165, 1.54) is 0 Å². The fourth-order valence-corrected chi connectivity index (χ4v) is 1.76. The summed E-state index contributed by atoms with van der Waals surface area (Å²) in [6.07, 6.45) is 3.30. The van der Waals surface area contributed by atoms with Crippen molar-refractivity contribution in [1.29, 1.82) is 0 Å². The Bertz CT molecular complexity index is 366. The highest BCUT2D eigenvalue weighted by atomic mass is 35.5. The number of nitrogens with zero attached hydrogens (tertiary/aromatic N) is 2. The standard InChI is InChI=1S/C12H19ClN2O/c1-5-9(4)11-7-14-10(6-8(2)3)12(13)15(11)16/h7-9H,5-6H2,1-4H3. The van der Waals surface area contributed by atoms with Gasteiger partial charge < -0.3 is 5.21 Å². The number of hydrogen-bond acceptors (Lipinski definition) is 2. The van der Waals surface area contributed by atoms with Gasteiger partial charge in [-0.2, -0.15) is 4.73 Å². The molecule has 0 radical (unpaired) electrons. The first-order valence-electron chi connectivity index (χ1n) is 5.74. The Labute approximate surface area is 102 Å². The zero-order valence-electron chi connectivity index (χ0n) is 10.3. The van der Waals surface area contributed by atoms with Crippen LogP contribution in [0.1, 0.15) is 51.4 Å². The summed E-state index contributed by atoms with van der Waals surface area (Å²) in [4.78, 5) is 4.30. The molecule has 0 aliphatic heterocycles. The summed E-state index contributed by atoms with van der Waals surface area (Å²) < 4.78 is 0.820. The lowest BCUT2D eigenvalue weighted by atomic mass is 10.1. The van der Waals surface area contributed by atoms with E-state index in [0.29, 0.717) is 17.3 Å². The molecule has 3 nitrogen and oxygen atoms in total. The summed E-state index contributed by atoms with van der Waals surface area (Å²) in [7, 11) is 0. The van der Waals surface area contributed by atoms with Gasteiger partial charge in [0.25, 0.3) is 0 Å². The number of rotatable bonds is 4. The van der Waals surface area contributed by atoms with E-state index in [9.17, 15) is 5.21 Å². The molecule has 0 saturated heterocycles. The molecule has 4 heteroatoms. The van der Waals surface area contributed by atoms with Gasteiger partial charge in [-0.05, 0) is 30.4 Å². The van der Waals surface area contributed by atoms with Crippen LogP contribution in [-0.4, -0.2) is 4.98 Å². The predicted molar refractivity (Wildman–Crippen MR) is 65.5 cm³/mol. The molecule has 0 bridgehead atoms. The molecule has 0 aliphatic rings. The van der Waals surface area contributed by atoms with Crippen LogP contribution >= 0.6 is 11.6 Å². The van der Waals surface area contributed by atoms with Crippen molar-refractivity contribution in [3.05, 3.63) is 27.9 Å². The molecule has 1 aromatic heterocycles. The molecule has 1 aromatic rings. The molecule has 0 fully saturated rings. The second kappa shape index (κ2) is 5.48. The Morgan fingerprint density at radius 1 is 1.44 bits per heavy atom. The van der Waals surface area contributed by atoms with Crippen molar-refractivity contribution in [1.82, 2.24) is 4.98 Å². The van der Waals surface area contributed by atoms with Crippen LogP contribution < -0.4 is 4.73 Å². The van der Waals surface area contributed by atoms with Gasteiger partial charge in [0.1, 0.15) is 5.69 Å². The predicted octanol–water partition coefficient (Wildman–Crippen LogP) is 3.08. The van der Waals surface area contributed by atoms with Gasteiger partial charge in [0, 0.05) is 5.92 Å². The van der Waals surface area contributed by atoms with Crippen LogP contribution in [0, 0.1) is 11.1 Å². The zero-order valence-corrected chi connectivity index (χ0v) is 11.1. The minimum atomic E-state index is 0.190. The monoisotopic (exact) mass is 242 g/mol. The van der Waals surface area contributed by atoms with Crippen molar-refractivity contribution in [2.24, 2.45) is 5.92 Å². The van der Waals surface area contributed by atoms with E-state index in [1.54, 1.807) is 6.20 Å². The van der Waals surface area contributed by atoms with Crippen LogP contribution in [0.3, 0.4) is 0 Å². The lowest BCUT2D eigenvalue weighted by Crippen LogP contribution is -2.36. The molecule has 16 heavy (non-hydrogen) atoms. The van der Waals surface area contributed by atoms with E-state index in [4.69, 9.17) is 11.6 Å². The lowest BCUT2D eigenvalue weighted by Gasteiger charge is -2.12. The quantitative estimate of drug-likeness (QED) is 0.601. The average Bonchev–Trinajstić information content (AvgIpc) is 2.23. The second-order valence-electron chi connectivity index (χ2n) is 4.62. The fourth-order valence-electron chi connectivity index (χ4n) is 1.54. The summed E-state index contributed by atoms with van der Waals surface area (Å²) in [6.45, 7) is 8.20. The topological polar surface area (TPSA) is 39.8 Å². The molecule has 1 unspecified atom stereocenters. The number of hydrogen-bond donors (Lipinski definition) is 0. The summed E-state index contributed by atoms with van der Waals surface area (Å²) >= 11 is 6.03. The Morgan fingerprint density at radius 2 is 2.06 bits per heavy atom. The van der Waals surface area contributed by atoms with Crippen molar-refractivity contribution in [3.63, 3.8) is 0 Å². The maximum atomic E-state index is 11.9. The molecular formula is C12H19ClN2O. The van der Waals surface area contributed by atoms with Crippen LogP contribution in [0.4, 0.5) is 0 Å². The Hall–Kier alpha value is -0.830. The van der Waals surface area contributed by atoms with Crippen LogP contribution in [-0.2, 0) is 6.42 Å². The van der Waals surface area contributed by atoms with Gasteiger partial charge in [0.2, 0.25) is 5.69 Å². The van der Waals surface area contributed by atoms with Gasteiger partial charge in [-0.15, -0.1) is 0 Å². The highest BCUT2D eigenvalue weighted by Gasteiger charge is 2.20. The Balaban J connectivity index is 3.08. The van der Waals surface area contributed by atoms with E-state index < -0.39 is 0 Å². The molecular weight excluding hydrogens is 224 g/mol. The highest BCUT2D eigenvalue weighted by Crippen LogP contribution is 2.19. The molecule has 0 amide bonds. The molecule has 0 saturated carbocycles. The van der Waals surface area contributed by atoms with E-state index in [-0.39, 0.29) is 11.1 Å². The zero-order chi connectivity index (χ0) is 12.3. The second-order valence-corrected chi connectivity index (χ2v) is 4.98. The third kappa shape index (κ3) is 2.85. The maximum Gasteiger partial charge on any atom is 0.308 e. The van der Waals surface area contributed by atoms with Crippen molar-refractivity contribution in [2.75, 3.05) is 0 Å². The van der Waals surface area contributed by atoms with Gasteiger partial charge >= 0.3 is 5.15 Å². The lowest BCUT2D eigenvalue weighted by molar-refractivity contribution is -0.614. The fraction of sp³-hybridized carbons (Fsp3) is 0.667. The van der Waals surface area contributed by atoms with Gasteiger partial charge in [-0.3, -0.25) is 0 Å². The molecule has 1 heterocycles. The van der Waals surface area contributed by atoms with Crippen LogP contribution in [0.25, 0.3) is 0 Å². The van der Waals surface area contributed by atoms with Crippen molar-refractivity contribution in [2.45, 2.75) is 46.5 Å². The largest absolute Gasteiger partial charge is 0.617 e. The first-order chi connectivity index (χ1) is 7.47. The minimum Gasteiger partial charge on any atom is -0.617 e. The molecule has 0 aromatic carbocycles. The maximum absolute atomic E-state index is 11.9. The Morgan fingerprint density at radius 3 is 2.56 bits per heavy atom. The van der Waals surface area contributed by atoms with E-state index >= 15 is 0 Å². The van der Waals surface area contributed by atoms with Gasteiger partial charge in [-0.1, -0.05) is 27.7 Å². The van der Waals surface area contributed by atoms with Gasteiger partial charge in [0.15, 0.2) is 0 Å². The molecule has 1 rings (SSSR count). The normalized spacial score (nSPS) is 13.1. The summed E-state index contributed by atoms with van der Waals surface area (Å²) in [6, 6.07) is 0. The number of aromatic nitrogens is 2. The van der Waals surface area contributed by atoms with Crippen LogP contribution in [0.2, 0.25) is 5.15 Å². The molecule has 90 valence electrons. The van der Waals surface area contributed by atoms with Gasteiger partial charge in [-0.25, -0.2) is 4.98 Å². The smallest absolute Gasteiger partial charge is 0.308 e. The Kier molecular flexibility index (Phi) is 4.54. The summed E-state index contributed by atoms with van der Waals surface area (Å²) in [5.74, 6) is 0.634. The first-order valence-corrected chi connectivity index (χ1v) is 6.12. The van der Waals surface area contributed by atoms with Crippen LogP contribution in [0.15, 0.2) is 6.20 Å². The van der Waals surface area contributed by atoms with Gasteiger partial charge in [0.05, 0.1) is 6.20 Å². The third-order valence-electron chi connectivity index (χ3n) is 2.72. The van der Waals surface area contributed by atoms with Crippen molar-refractivity contribution >= 4 is 11.6 Å². The van der Waals surface area contributed by atoms with Crippen LogP contribution in [0.5, 0.6) is 0 Å².